The first-order valence-electron chi connectivity index (χ1n) is 5.59. The van der Waals surface area contributed by atoms with Gasteiger partial charge in [0.2, 0.25) is 0 Å². The second-order valence-corrected chi connectivity index (χ2v) is 6.50. The van der Waals surface area contributed by atoms with Crippen LogP contribution in [-0.2, 0) is 0 Å². The summed E-state index contributed by atoms with van der Waals surface area (Å²) >= 11 is 5.26. The minimum atomic E-state index is 0.257. The minimum absolute atomic E-state index is 0.257. The van der Waals surface area contributed by atoms with Crippen LogP contribution < -0.4 is 5.32 Å². The van der Waals surface area contributed by atoms with Crippen LogP contribution in [0, 0.1) is 0 Å². The summed E-state index contributed by atoms with van der Waals surface area (Å²) in [6, 6.07) is 10.8. The standard InChI is InChI=1S/C13H15BrN2S/c1-9(11-5-3-4-8-15-11)16-10(2)12-6-7-13(14)17-12/h3-10,16H,1-2H3. The summed E-state index contributed by atoms with van der Waals surface area (Å²) in [5.41, 5.74) is 1.08. The van der Waals surface area contributed by atoms with Gasteiger partial charge in [-0.15, -0.1) is 11.3 Å². The quantitative estimate of drug-likeness (QED) is 0.909. The van der Waals surface area contributed by atoms with Gasteiger partial charge in [-0.1, -0.05) is 6.07 Å². The largest absolute Gasteiger partial charge is 0.301 e. The minimum Gasteiger partial charge on any atom is -0.301 e. The molecule has 2 nitrogen and oxygen atoms in total. The third-order valence-corrected chi connectivity index (χ3v) is 4.46. The monoisotopic (exact) mass is 310 g/mol. The molecule has 2 aromatic heterocycles. The van der Waals surface area contributed by atoms with E-state index in [0.717, 1.165) is 5.69 Å². The van der Waals surface area contributed by atoms with Crippen LogP contribution in [0.5, 0.6) is 0 Å². The zero-order chi connectivity index (χ0) is 12.3. The maximum Gasteiger partial charge on any atom is 0.0701 e. The first-order valence-corrected chi connectivity index (χ1v) is 7.20. The van der Waals surface area contributed by atoms with Crippen molar-refractivity contribution in [2.45, 2.75) is 25.9 Å². The molecule has 0 saturated carbocycles. The molecule has 2 atom stereocenters. The van der Waals surface area contributed by atoms with Crippen molar-refractivity contribution in [1.29, 1.82) is 0 Å². The molecule has 0 aliphatic rings. The first-order chi connectivity index (χ1) is 8.16. The van der Waals surface area contributed by atoms with Crippen molar-refractivity contribution >= 4 is 27.3 Å². The van der Waals surface area contributed by atoms with Crippen molar-refractivity contribution in [3.63, 3.8) is 0 Å². The Balaban J connectivity index is 2.02. The van der Waals surface area contributed by atoms with Gasteiger partial charge in [0.1, 0.15) is 0 Å². The molecule has 0 spiro atoms. The van der Waals surface area contributed by atoms with E-state index in [9.17, 15) is 0 Å². The maximum absolute atomic E-state index is 4.36. The fourth-order valence-corrected chi connectivity index (χ4v) is 3.17. The molecule has 0 radical (unpaired) electrons. The number of thiophene rings is 1. The summed E-state index contributed by atoms with van der Waals surface area (Å²) in [4.78, 5) is 5.70. The van der Waals surface area contributed by atoms with E-state index in [1.54, 1.807) is 11.3 Å². The van der Waals surface area contributed by atoms with Crippen LogP contribution in [-0.4, -0.2) is 4.98 Å². The number of nitrogens with zero attached hydrogens (tertiary/aromatic N) is 1. The zero-order valence-corrected chi connectivity index (χ0v) is 12.3. The highest BCUT2D eigenvalue weighted by molar-refractivity contribution is 9.11. The smallest absolute Gasteiger partial charge is 0.0701 e. The van der Waals surface area contributed by atoms with Gasteiger partial charge in [-0.2, -0.15) is 0 Å². The van der Waals surface area contributed by atoms with Gasteiger partial charge in [0.05, 0.1) is 9.48 Å². The van der Waals surface area contributed by atoms with Crippen LogP contribution in [0.4, 0.5) is 0 Å². The van der Waals surface area contributed by atoms with E-state index in [2.05, 4.69) is 58.3 Å². The highest BCUT2D eigenvalue weighted by Crippen LogP contribution is 2.28. The van der Waals surface area contributed by atoms with Crippen LogP contribution >= 0.6 is 27.3 Å². The number of aromatic nitrogens is 1. The van der Waals surface area contributed by atoms with Crippen LogP contribution in [0.15, 0.2) is 40.3 Å². The molecule has 0 saturated heterocycles. The fraction of sp³-hybridized carbons (Fsp3) is 0.308. The van der Waals surface area contributed by atoms with Crippen molar-refractivity contribution in [2.24, 2.45) is 0 Å². The molecule has 0 fully saturated rings. The van der Waals surface area contributed by atoms with Gasteiger partial charge in [0.25, 0.3) is 0 Å². The molecule has 0 aromatic carbocycles. The molecule has 17 heavy (non-hydrogen) atoms. The van der Waals surface area contributed by atoms with Crippen LogP contribution in [0.3, 0.4) is 0 Å². The Hall–Kier alpha value is -0.710. The van der Waals surface area contributed by atoms with Crippen molar-refractivity contribution in [1.82, 2.24) is 10.3 Å². The SMILES string of the molecule is CC(NC(C)c1ccc(Br)s1)c1ccccn1. The van der Waals surface area contributed by atoms with E-state index in [0.29, 0.717) is 6.04 Å². The Labute approximate surface area is 114 Å². The number of pyridine rings is 1. The van der Waals surface area contributed by atoms with Crippen LogP contribution in [0.1, 0.15) is 36.5 Å². The molecule has 0 aliphatic heterocycles. The number of hydrogen-bond donors (Lipinski definition) is 1. The Morgan fingerprint density at radius 1 is 1.18 bits per heavy atom. The lowest BCUT2D eigenvalue weighted by molar-refractivity contribution is 0.491. The van der Waals surface area contributed by atoms with E-state index >= 15 is 0 Å². The average molecular weight is 311 g/mol. The molecular weight excluding hydrogens is 296 g/mol. The van der Waals surface area contributed by atoms with Crippen molar-refractivity contribution < 1.29 is 0 Å². The molecule has 4 heteroatoms. The van der Waals surface area contributed by atoms with Crippen molar-refractivity contribution in [2.75, 3.05) is 0 Å². The van der Waals surface area contributed by atoms with E-state index in [-0.39, 0.29) is 6.04 Å². The lowest BCUT2D eigenvalue weighted by Gasteiger charge is -2.18. The first kappa shape index (κ1) is 12.7. The van der Waals surface area contributed by atoms with Gasteiger partial charge < -0.3 is 5.32 Å². The second-order valence-electron chi connectivity index (χ2n) is 4.01. The van der Waals surface area contributed by atoms with Crippen molar-refractivity contribution in [3.05, 3.63) is 50.9 Å². The molecule has 90 valence electrons. The highest BCUT2D eigenvalue weighted by Gasteiger charge is 2.13. The average Bonchev–Trinajstić information content (AvgIpc) is 2.77. The Kier molecular flexibility index (Phi) is 4.31. The van der Waals surface area contributed by atoms with Crippen LogP contribution in [0.25, 0.3) is 0 Å². The topological polar surface area (TPSA) is 24.9 Å². The molecular formula is C13H15BrN2S. The third-order valence-electron chi connectivity index (χ3n) is 2.65. The summed E-state index contributed by atoms with van der Waals surface area (Å²) in [6.07, 6.45) is 1.83. The lowest BCUT2D eigenvalue weighted by Crippen LogP contribution is -2.22. The van der Waals surface area contributed by atoms with Crippen LogP contribution in [0.2, 0.25) is 0 Å². The Bertz CT molecular complexity index is 469. The van der Waals surface area contributed by atoms with Gasteiger partial charge in [0, 0.05) is 23.2 Å². The summed E-state index contributed by atoms with van der Waals surface area (Å²) in [5.74, 6) is 0. The van der Waals surface area contributed by atoms with Crippen molar-refractivity contribution in [3.8, 4) is 0 Å². The van der Waals surface area contributed by atoms with E-state index in [1.165, 1.54) is 8.66 Å². The molecule has 1 N–H and O–H groups in total. The predicted molar refractivity (Wildman–Crippen MR) is 76.2 cm³/mol. The maximum atomic E-state index is 4.36. The van der Waals surface area contributed by atoms with E-state index in [1.807, 2.05) is 18.3 Å². The number of rotatable bonds is 4. The van der Waals surface area contributed by atoms with Gasteiger partial charge in [0.15, 0.2) is 0 Å². The predicted octanol–water partition coefficient (Wildman–Crippen LogP) is 4.32. The molecule has 2 heterocycles. The molecule has 0 aliphatic carbocycles. The molecule has 2 rings (SSSR count). The Morgan fingerprint density at radius 3 is 2.59 bits per heavy atom. The molecule has 2 aromatic rings. The summed E-state index contributed by atoms with van der Waals surface area (Å²) < 4.78 is 1.17. The lowest BCUT2D eigenvalue weighted by atomic mass is 10.1. The third kappa shape index (κ3) is 3.37. The van der Waals surface area contributed by atoms with Gasteiger partial charge >= 0.3 is 0 Å². The fourth-order valence-electron chi connectivity index (χ4n) is 1.74. The summed E-state index contributed by atoms with van der Waals surface area (Å²) in [5, 5.41) is 3.55. The molecule has 0 bridgehead atoms. The summed E-state index contributed by atoms with van der Waals surface area (Å²) in [7, 11) is 0. The second kappa shape index (κ2) is 5.76. The van der Waals surface area contributed by atoms with E-state index in [4.69, 9.17) is 0 Å². The number of halogens is 1. The summed E-state index contributed by atoms with van der Waals surface area (Å²) in [6.45, 7) is 4.32. The normalized spacial score (nSPS) is 14.5. The zero-order valence-electron chi connectivity index (χ0n) is 9.85. The van der Waals surface area contributed by atoms with Gasteiger partial charge in [-0.3, -0.25) is 4.98 Å². The van der Waals surface area contributed by atoms with Gasteiger partial charge in [-0.25, -0.2) is 0 Å². The number of nitrogens with one attached hydrogen (secondary N) is 1. The highest BCUT2D eigenvalue weighted by atomic mass is 79.9. The molecule has 0 amide bonds. The number of hydrogen-bond acceptors (Lipinski definition) is 3. The van der Waals surface area contributed by atoms with Gasteiger partial charge in [-0.05, 0) is 54.0 Å². The Morgan fingerprint density at radius 2 is 2.00 bits per heavy atom. The molecule has 2 unspecified atom stereocenters. The van der Waals surface area contributed by atoms with E-state index < -0.39 is 0 Å².